The molecular formula is C35H25N. The molecule has 0 aliphatic carbocycles. The van der Waals surface area contributed by atoms with Crippen LogP contribution in [0.3, 0.4) is 0 Å². The lowest BCUT2D eigenvalue weighted by Crippen LogP contribution is -2.10. The average molecular weight is 460 g/mol. The van der Waals surface area contributed by atoms with Crippen molar-refractivity contribution < 1.29 is 0 Å². The molecule has 0 fully saturated rings. The largest absolute Gasteiger partial charge is 0.377 e. The minimum atomic E-state index is 1.02. The van der Waals surface area contributed by atoms with Gasteiger partial charge in [-0.25, -0.2) is 0 Å². The second-order valence-electron chi connectivity index (χ2n) is 9.38. The Labute approximate surface area is 212 Å². The molecule has 1 heteroatoms. The first kappa shape index (κ1) is 21.8. The van der Waals surface area contributed by atoms with Crippen molar-refractivity contribution in [1.29, 1.82) is 0 Å². The fraction of sp³-hybridized carbons (Fsp3) is 0.0857. The van der Waals surface area contributed by atoms with Gasteiger partial charge in [-0.15, -0.1) is 0 Å². The van der Waals surface area contributed by atoms with Crippen LogP contribution in [0.15, 0.2) is 97.1 Å². The van der Waals surface area contributed by atoms with Gasteiger partial charge in [-0.1, -0.05) is 84.3 Å². The summed E-state index contributed by atoms with van der Waals surface area (Å²) < 4.78 is 0. The lowest BCUT2D eigenvalue weighted by Gasteiger charge is -2.21. The van der Waals surface area contributed by atoms with Gasteiger partial charge in [-0.3, -0.25) is 0 Å². The van der Waals surface area contributed by atoms with Crippen molar-refractivity contribution in [3.63, 3.8) is 0 Å². The fourth-order valence-electron chi connectivity index (χ4n) is 5.05. The molecule has 6 aromatic rings. The molecule has 170 valence electrons. The average Bonchev–Trinajstić information content (AvgIpc) is 2.91. The monoisotopic (exact) mass is 459 g/mol. The maximum absolute atomic E-state index is 3.48. The van der Waals surface area contributed by atoms with Gasteiger partial charge in [0.2, 0.25) is 0 Å². The zero-order chi connectivity index (χ0) is 24.6. The van der Waals surface area contributed by atoms with Crippen molar-refractivity contribution in [1.82, 2.24) is 0 Å². The van der Waals surface area contributed by atoms with E-state index in [0.717, 1.165) is 22.3 Å². The van der Waals surface area contributed by atoms with Crippen molar-refractivity contribution in [2.45, 2.75) is 6.92 Å². The van der Waals surface area contributed by atoms with E-state index in [9.17, 15) is 0 Å². The summed E-state index contributed by atoms with van der Waals surface area (Å²) in [6, 6.07) is 33.8. The van der Waals surface area contributed by atoms with E-state index in [2.05, 4.69) is 110 Å². The molecule has 6 rings (SSSR count). The van der Waals surface area contributed by atoms with Gasteiger partial charge in [0.1, 0.15) is 0 Å². The first-order valence-corrected chi connectivity index (χ1v) is 12.2. The number of anilines is 1. The topological polar surface area (TPSA) is 3.24 Å². The standard InChI is InChI=1S/C35H25N/c1-24-22-27(16-14-25-10-6-4-7-11-25)30-19-20-31-28(17-15-26-12-8-5-9-13-26)23-33(36(2)3)32-21-18-29(24)34(30)35(31)32/h4-13,18-23H,1-3H3. The van der Waals surface area contributed by atoms with E-state index in [-0.39, 0.29) is 0 Å². The summed E-state index contributed by atoms with van der Waals surface area (Å²) in [5, 5.41) is 7.42. The van der Waals surface area contributed by atoms with Gasteiger partial charge in [-0.2, -0.15) is 0 Å². The maximum atomic E-state index is 3.48. The molecule has 0 atom stereocenters. The third-order valence-electron chi connectivity index (χ3n) is 6.80. The van der Waals surface area contributed by atoms with Crippen LogP contribution in [0.1, 0.15) is 27.8 Å². The van der Waals surface area contributed by atoms with Crippen LogP contribution in [0.5, 0.6) is 0 Å². The van der Waals surface area contributed by atoms with Crippen LogP contribution in [-0.4, -0.2) is 14.1 Å². The Balaban J connectivity index is 1.67. The molecule has 0 spiro atoms. The predicted octanol–water partition coefficient (Wildman–Crippen LogP) is 7.76. The molecule has 0 heterocycles. The van der Waals surface area contributed by atoms with Crippen molar-refractivity contribution >= 4 is 38.0 Å². The Bertz CT molecular complexity index is 1860. The van der Waals surface area contributed by atoms with Crippen LogP contribution < -0.4 is 4.90 Å². The summed E-state index contributed by atoms with van der Waals surface area (Å²) >= 11 is 0. The summed E-state index contributed by atoms with van der Waals surface area (Å²) in [5.41, 5.74) is 6.56. The van der Waals surface area contributed by atoms with E-state index >= 15 is 0 Å². The Kier molecular flexibility index (Phi) is 5.33. The van der Waals surface area contributed by atoms with Crippen LogP contribution in [0.25, 0.3) is 32.3 Å². The number of rotatable bonds is 1. The minimum absolute atomic E-state index is 1.02. The lowest BCUT2D eigenvalue weighted by atomic mass is 9.87. The predicted molar refractivity (Wildman–Crippen MR) is 154 cm³/mol. The van der Waals surface area contributed by atoms with Crippen LogP contribution in [-0.2, 0) is 0 Å². The van der Waals surface area contributed by atoms with Gasteiger partial charge in [0, 0.05) is 52.8 Å². The first-order chi connectivity index (χ1) is 17.6. The molecule has 36 heavy (non-hydrogen) atoms. The molecular weight excluding hydrogens is 434 g/mol. The van der Waals surface area contributed by atoms with E-state index in [0.29, 0.717) is 0 Å². The molecule has 0 aliphatic heterocycles. The number of hydrogen-bond acceptors (Lipinski definition) is 1. The SMILES string of the molecule is Cc1cc(C#Cc2ccccc2)c2ccc3c(C#Cc4ccccc4)cc(N(C)C)c4ccc1c2c34. The molecule has 0 aliphatic rings. The van der Waals surface area contributed by atoms with Gasteiger partial charge in [0.25, 0.3) is 0 Å². The van der Waals surface area contributed by atoms with Crippen LogP contribution in [0.4, 0.5) is 5.69 Å². The third-order valence-corrected chi connectivity index (χ3v) is 6.80. The zero-order valence-electron chi connectivity index (χ0n) is 20.7. The highest BCUT2D eigenvalue weighted by molar-refractivity contribution is 6.27. The minimum Gasteiger partial charge on any atom is -0.377 e. The van der Waals surface area contributed by atoms with Crippen LogP contribution in [0, 0.1) is 30.6 Å². The van der Waals surface area contributed by atoms with E-state index in [1.165, 1.54) is 43.6 Å². The molecule has 0 aromatic heterocycles. The normalized spacial score (nSPS) is 10.8. The second-order valence-corrected chi connectivity index (χ2v) is 9.38. The zero-order valence-corrected chi connectivity index (χ0v) is 20.7. The highest BCUT2D eigenvalue weighted by Crippen LogP contribution is 2.42. The van der Waals surface area contributed by atoms with Gasteiger partial charge in [-0.05, 0) is 70.4 Å². The molecule has 0 amide bonds. The Morgan fingerprint density at radius 2 is 0.972 bits per heavy atom. The van der Waals surface area contributed by atoms with Crippen LogP contribution >= 0.6 is 0 Å². The summed E-state index contributed by atoms with van der Waals surface area (Å²) in [5.74, 6) is 13.7. The lowest BCUT2D eigenvalue weighted by molar-refractivity contribution is 1.14. The summed E-state index contributed by atoms with van der Waals surface area (Å²) in [6.07, 6.45) is 0. The van der Waals surface area contributed by atoms with E-state index < -0.39 is 0 Å². The molecule has 0 radical (unpaired) electrons. The Morgan fingerprint density at radius 1 is 0.500 bits per heavy atom. The molecule has 6 aromatic carbocycles. The second kappa shape index (κ2) is 8.81. The van der Waals surface area contributed by atoms with E-state index in [1.807, 2.05) is 36.4 Å². The summed E-state index contributed by atoms with van der Waals surface area (Å²) in [7, 11) is 4.20. The molecule has 0 bridgehead atoms. The van der Waals surface area contributed by atoms with Crippen molar-refractivity contribution in [2.75, 3.05) is 19.0 Å². The number of benzene rings is 6. The quantitative estimate of drug-likeness (QED) is 0.179. The maximum Gasteiger partial charge on any atom is 0.0453 e. The van der Waals surface area contributed by atoms with E-state index in [4.69, 9.17) is 0 Å². The Hall–Kier alpha value is -4.72. The van der Waals surface area contributed by atoms with Crippen molar-refractivity contribution in [3.05, 3.63) is 125 Å². The summed E-state index contributed by atoms with van der Waals surface area (Å²) in [4.78, 5) is 2.18. The molecule has 0 unspecified atom stereocenters. The highest BCUT2D eigenvalue weighted by atomic mass is 15.1. The van der Waals surface area contributed by atoms with Gasteiger partial charge in [0.15, 0.2) is 0 Å². The molecule has 1 nitrogen and oxygen atoms in total. The smallest absolute Gasteiger partial charge is 0.0453 e. The van der Waals surface area contributed by atoms with Gasteiger partial charge < -0.3 is 4.90 Å². The summed E-state index contributed by atoms with van der Waals surface area (Å²) in [6.45, 7) is 2.18. The Morgan fingerprint density at radius 3 is 1.53 bits per heavy atom. The third kappa shape index (κ3) is 3.73. The van der Waals surface area contributed by atoms with Crippen molar-refractivity contribution in [2.24, 2.45) is 0 Å². The molecule has 0 saturated heterocycles. The van der Waals surface area contributed by atoms with Crippen molar-refractivity contribution in [3.8, 4) is 23.7 Å². The van der Waals surface area contributed by atoms with Gasteiger partial charge in [0.05, 0.1) is 0 Å². The first-order valence-electron chi connectivity index (χ1n) is 12.2. The number of aryl methyl sites for hydroxylation is 1. The fourth-order valence-corrected chi connectivity index (χ4v) is 5.05. The molecule has 0 N–H and O–H groups in total. The number of hydrogen-bond donors (Lipinski definition) is 0. The molecule has 0 saturated carbocycles. The van der Waals surface area contributed by atoms with Gasteiger partial charge >= 0.3 is 0 Å². The number of nitrogens with zero attached hydrogens (tertiary/aromatic N) is 1. The van der Waals surface area contributed by atoms with Crippen LogP contribution in [0.2, 0.25) is 0 Å². The van der Waals surface area contributed by atoms with E-state index in [1.54, 1.807) is 0 Å². The highest BCUT2D eigenvalue weighted by Gasteiger charge is 2.17.